The Kier molecular flexibility index (Phi) is 6.57. The van der Waals surface area contributed by atoms with Crippen LogP contribution in [0.1, 0.15) is 46.2 Å². The first-order valence-corrected chi connectivity index (χ1v) is 7.63. The van der Waals surface area contributed by atoms with Crippen molar-refractivity contribution >= 4 is 12.0 Å². The number of nitrogens with one attached hydrogen (secondary N) is 2. The highest BCUT2D eigenvalue weighted by atomic mass is 16.6. The zero-order valence-electron chi connectivity index (χ0n) is 14.3. The average molecular weight is 322 g/mol. The third-order valence-corrected chi connectivity index (χ3v) is 3.14. The van der Waals surface area contributed by atoms with Crippen molar-refractivity contribution in [1.82, 2.24) is 10.6 Å². The summed E-state index contributed by atoms with van der Waals surface area (Å²) in [5, 5.41) is 15.2. The minimum absolute atomic E-state index is 0.243. The third-order valence-electron chi connectivity index (χ3n) is 3.14. The summed E-state index contributed by atoms with van der Waals surface area (Å²) in [6.07, 6.45) is -2.04. The molecule has 1 aromatic carbocycles. The van der Waals surface area contributed by atoms with Crippen LogP contribution in [0, 0.1) is 0 Å². The van der Waals surface area contributed by atoms with Gasteiger partial charge in [0.15, 0.2) is 6.10 Å². The molecule has 6 nitrogen and oxygen atoms in total. The van der Waals surface area contributed by atoms with Gasteiger partial charge in [-0.2, -0.15) is 0 Å². The Bertz CT molecular complexity index is 525. The molecule has 3 N–H and O–H groups in total. The van der Waals surface area contributed by atoms with E-state index in [9.17, 15) is 14.7 Å². The molecule has 0 aromatic heterocycles. The first-order valence-electron chi connectivity index (χ1n) is 7.63. The number of aliphatic hydroxyl groups is 1. The summed E-state index contributed by atoms with van der Waals surface area (Å²) < 4.78 is 5.10. The monoisotopic (exact) mass is 322 g/mol. The Morgan fingerprint density at radius 2 is 1.65 bits per heavy atom. The average Bonchev–Trinajstić information content (AvgIpc) is 2.45. The summed E-state index contributed by atoms with van der Waals surface area (Å²) in [6, 6.07) is 8.40. The number of rotatable bonds is 5. The highest BCUT2D eigenvalue weighted by molar-refractivity contribution is 5.82. The van der Waals surface area contributed by atoms with Crippen LogP contribution >= 0.6 is 0 Å². The Morgan fingerprint density at radius 1 is 1.09 bits per heavy atom. The molecule has 6 heteroatoms. The first-order chi connectivity index (χ1) is 10.6. The molecule has 0 bridgehead atoms. The van der Waals surface area contributed by atoms with Crippen molar-refractivity contribution in [3.05, 3.63) is 35.9 Å². The van der Waals surface area contributed by atoms with Gasteiger partial charge in [-0.3, -0.25) is 4.79 Å². The minimum Gasteiger partial charge on any atom is -0.444 e. The third kappa shape index (κ3) is 6.69. The van der Waals surface area contributed by atoms with E-state index in [0.717, 1.165) is 5.56 Å². The second-order valence-corrected chi connectivity index (χ2v) is 6.52. The van der Waals surface area contributed by atoms with Crippen molar-refractivity contribution in [3.63, 3.8) is 0 Å². The van der Waals surface area contributed by atoms with E-state index in [1.165, 1.54) is 0 Å². The molecule has 23 heavy (non-hydrogen) atoms. The molecule has 3 atom stereocenters. The number of amides is 2. The van der Waals surface area contributed by atoms with Crippen molar-refractivity contribution in [1.29, 1.82) is 0 Å². The van der Waals surface area contributed by atoms with E-state index in [1.54, 1.807) is 27.7 Å². The highest BCUT2D eigenvalue weighted by Crippen LogP contribution is 2.12. The Labute approximate surface area is 137 Å². The summed E-state index contributed by atoms with van der Waals surface area (Å²) in [6.45, 7) is 8.58. The van der Waals surface area contributed by atoms with Crippen LogP contribution < -0.4 is 10.6 Å². The quantitative estimate of drug-likeness (QED) is 0.775. The molecule has 0 radical (unpaired) electrons. The van der Waals surface area contributed by atoms with Gasteiger partial charge in [0, 0.05) is 0 Å². The van der Waals surface area contributed by atoms with Gasteiger partial charge in [0.05, 0.1) is 12.1 Å². The van der Waals surface area contributed by atoms with Crippen molar-refractivity contribution in [3.8, 4) is 0 Å². The van der Waals surface area contributed by atoms with Gasteiger partial charge in [-0.25, -0.2) is 4.79 Å². The summed E-state index contributed by atoms with van der Waals surface area (Å²) in [7, 11) is 0. The van der Waals surface area contributed by atoms with Gasteiger partial charge >= 0.3 is 6.09 Å². The SMILES string of the molecule is CC(NC(=O)C(O)C(C)NC(=O)OC(C)(C)C)c1ccccc1. The molecule has 3 unspecified atom stereocenters. The van der Waals surface area contributed by atoms with E-state index < -0.39 is 29.7 Å². The van der Waals surface area contributed by atoms with Crippen molar-refractivity contribution in [2.24, 2.45) is 0 Å². The van der Waals surface area contributed by atoms with E-state index in [4.69, 9.17) is 4.74 Å². The normalized spacial score (nSPS) is 15.2. The van der Waals surface area contributed by atoms with Crippen molar-refractivity contribution in [2.75, 3.05) is 0 Å². The first kappa shape index (κ1) is 19.0. The maximum atomic E-state index is 12.1. The Hall–Kier alpha value is -2.08. The van der Waals surface area contributed by atoms with E-state index in [1.807, 2.05) is 37.3 Å². The molecular weight excluding hydrogens is 296 g/mol. The molecule has 0 spiro atoms. The van der Waals surface area contributed by atoms with Crippen LogP contribution in [0.5, 0.6) is 0 Å². The lowest BCUT2D eigenvalue weighted by molar-refractivity contribution is -0.131. The fourth-order valence-corrected chi connectivity index (χ4v) is 1.92. The van der Waals surface area contributed by atoms with Gasteiger partial charge in [0.1, 0.15) is 5.60 Å². The molecule has 0 saturated carbocycles. The number of hydrogen-bond acceptors (Lipinski definition) is 4. The second kappa shape index (κ2) is 7.97. The lowest BCUT2D eigenvalue weighted by Gasteiger charge is -2.24. The van der Waals surface area contributed by atoms with Gasteiger partial charge in [-0.15, -0.1) is 0 Å². The predicted octanol–water partition coefficient (Wildman–Crippen LogP) is 2.14. The number of carbonyl (C=O) groups is 2. The summed E-state index contributed by atoms with van der Waals surface area (Å²) in [5.74, 6) is -0.551. The minimum atomic E-state index is -1.37. The van der Waals surface area contributed by atoms with Crippen LogP contribution in [-0.2, 0) is 9.53 Å². The number of ether oxygens (including phenoxy) is 1. The second-order valence-electron chi connectivity index (χ2n) is 6.52. The highest BCUT2D eigenvalue weighted by Gasteiger charge is 2.27. The number of aliphatic hydroxyl groups excluding tert-OH is 1. The van der Waals surface area contributed by atoms with Gasteiger partial charge in [0.25, 0.3) is 5.91 Å². The molecule has 1 aromatic rings. The fraction of sp³-hybridized carbons (Fsp3) is 0.529. The predicted molar refractivity (Wildman–Crippen MR) is 87.8 cm³/mol. The molecule has 128 valence electrons. The zero-order chi connectivity index (χ0) is 17.6. The number of benzene rings is 1. The van der Waals surface area contributed by atoms with E-state index in [2.05, 4.69) is 10.6 Å². The molecule has 0 fully saturated rings. The molecular formula is C17H26N2O4. The lowest BCUT2D eigenvalue weighted by Crippen LogP contribution is -2.50. The van der Waals surface area contributed by atoms with Crippen LogP contribution in [0.15, 0.2) is 30.3 Å². The summed E-state index contributed by atoms with van der Waals surface area (Å²) in [4.78, 5) is 23.7. The van der Waals surface area contributed by atoms with Crippen LogP contribution in [-0.4, -0.2) is 34.9 Å². The molecule has 0 aliphatic rings. The molecule has 0 saturated heterocycles. The molecule has 0 aliphatic heterocycles. The summed E-state index contributed by atoms with van der Waals surface area (Å²) >= 11 is 0. The van der Waals surface area contributed by atoms with Gasteiger partial charge in [-0.1, -0.05) is 30.3 Å². The molecule has 0 aliphatic carbocycles. The van der Waals surface area contributed by atoms with Crippen LogP contribution in [0.25, 0.3) is 0 Å². The number of carbonyl (C=O) groups excluding carboxylic acids is 2. The van der Waals surface area contributed by atoms with Crippen molar-refractivity contribution < 1.29 is 19.4 Å². The van der Waals surface area contributed by atoms with Crippen LogP contribution in [0.4, 0.5) is 4.79 Å². The van der Waals surface area contributed by atoms with E-state index >= 15 is 0 Å². The van der Waals surface area contributed by atoms with Gasteiger partial charge < -0.3 is 20.5 Å². The summed E-state index contributed by atoms with van der Waals surface area (Å²) in [5.41, 5.74) is 0.291. The number of alkyl carbamates (subject to hydrolysis) is 1. The zero-order valence-corrected chi connectivity index (χ0v) is 14.3. The molecule has 0 heterocycles. The number of hydrogen-bond donors (Lipinski definition) is 3. The lowest BCUT2D eigenvalue weighted by atomic mass is 10.1. The Morgan fingerprint density at radius 3 is 2.17 bits per heavy atom. The van der Waals surface area contributed by atoms with Crippen LogP contribution in [0.2, 0.25) is 0 Å². The molecule has 2 amide bonds. The topological polar surface area (TPSA) is 87.7 Å². The van der Waals surface area contributed by atoms with E-state index in [-0.39, 0.29) is 6.04 Å². The van der Waals surface area contributed by atoms with Gasteiger partial charge in [-0.05, 0) is 40.2 Å². The Balaban J connectivity index is 2.54. The molecule has 1 rings (SSSR count). The largest absolute Gasteiger partial charge is 0.444 e. The van der Waals surface area contributed by atoms with Crippen LogP contribution in [0.3, 0.4) is 0 Å². The maximum Gasteiger partial charge on any atom is 0.407 e. The van der Waals surface area contributed by atoms with Gasteiger partial charge in [0.2, 0.25) is 0 Å². The smallest absolute Gasteiger partial charge is 0.407 e. The van der Waals surface area contributed by atoms with Crippen molar-refractivity contribution in [2.45, 2.75) is 58.4 Å². The fourth-order valence-electron chi connectivity index (χ4n) is 1.92. The standard InChI is InChI=1S/C17H26N2O4/c1-11(13-9-7-6-8-10-13)18-15(21)14(20)12(2)19-16(22)23-17(3,4)5/h6-12,14,20H,1-5H3,(H,18,21)(H,19,22). The van der Waals surface area contributed by atoms with E-state index in [0.29, 0.717) is 0 Å². The maximum absolute atomic E-state index is 12.1.